The van der Waals surface area contributed by atoms with Gasteiger partial charge in [-0.25, -0.2) is 4.79 Å². The van der Waals surface area contributed by atoms with Crippen molar-refractivity contribution in [3.8, 4) is 0 Å². The van der Waals surface area contributed by atoms with Crippen molar-refractivity contribution in [1.82, 2.24) is 15.4 Å². The number of carbonyl (C=O) groups excluding carboxylic acids is 1. The number of aromatic nitrogens is 1. The van der Waals surface area contributed by atoms with E-state index >= 15 is 0 Å². The highest BCUT2D eigenvalue weighted by Crippen LogP contribution is 2.20. The summed E-state index contributed by atoms with van der Waals surface area (Å²) in [4.78, 5) is 15.5. The molecule has 0 unspecified atom stereocenters. The van der Waals surface area contributed by atoms with E-state index in [0.29, 0.717) is 24.0 Å². The average molecular weight is 282 g/mol. The molecule has 6 nitrogen and oxygen atoms in total. The van der Waals surface area contributed by atoms with E-state index in [0.717, 1.165) is 5.76 Å². The number of urea groups is 1. The van der Waals surface area contributed by atoms with E-state index < -0.39 is 0 Å². The highest BCUT2D eigenvalue weighted by atomic mass is 32.1. The average Bonchev–Trinajstić information content (AvgIpc) is 2.82. The maximum absolute atomic E-state index is 12.1. The fourth-order valence-corrected chi connectivity index (χ4v) is 2.17. The molecule has 0 bridgehead atoms. The molecule has 2 rings (SSSR count). The quantitative estimate of drug-likeness (QED) is 0.797. The Hall–Kier alpha value is -1.63. The molecule has 0 atom stereocenters. The van der Waals surface area contributed by atoms with Gasteiger partial charge in [-0.1, -0.05) is 5.16 Å². The van der Waals surface area contributed by atoms with Crippen LogP contribution in [0.4, 0.5) is 10.6 Å². The zero-order valence-corrected chi connectivity index (χ0v) is 12.4. The summed E-state index contributed by atoms with van der Waals surface area (Å²) < 4.78 is 5.03. The van der Waals surface area contributed by atoms with Gasteiger partial charge in [0.25, 0.3) is 0 Å². The van der Waals surface area contributed by atoms with Gasteiger partial charge >= 0.3 is 6.03 Å². The number of hydrogen-bond donors (Lipinski definition) is 1. The predicted molar refractivity (Wildman–Crippen MR) is 76.2 cm³/mol. The van der Waals surface area contributed by atoms with Crippen LogP contribution in [-0.4, -0.2) is 39.8 Å². The summed E-state index contributed by atoms with van der Waals surface area (Å²) in [5.41, 5.74) is -0.287. The van der Waals surface area contributed by atoms with Gasteiger partial charge in [0.2, 0.25) is 0 Å². The van der Waals surface area contributed by atoms with E-state index in [1.807, 2.05) is 27.7 Å². The highest BCUT2D eigenvalue weighted by Gasteiger charge is 2.33. The van der Waals surface area contributed by atoms with Crippen LogP contribution < -0.4 is 10.2 Å². The Labute approximate surface area is 117 Å². The Kier molecular flexibility index (Phi) is 3.49. The maximum atomic E-state index is 12.1. The summed E-state index contributed by atoms with van der Waals surface area (Å²) in [6.07, 6.45) is 0. The van der Waals surface area contributed by atoms with Gasteiger partial charge in [-0.3, -0.25) is 9.80 Å². The van der Waals surface area contributed by atoms with Crippen LogP contribution in [0.3, 0.4) is 0 Å². The largest absolute Gasteiger partial charge is 0.360 e. The molecule has 1 aromatic heterocycles. The van der Waals surface area contributed by atoms with Gasteiger partial charge < -0.3 is 9.84 Å². The molecule has 104 valence electrons. The summed E-state index contributed by atoms with van der Waals surface area (Å²) in [7, 11) is 0. The van der Waals surface area contributed by atoms with Crippen molar-refractivity contribution in [3.63, 3.8) is 0 Å². The highest BCUT2D eigenvalue weighted by molar-refractivity contribution is 7.80. The fraction of sp³-hybridized carbons (Fsp3) is 0.583. The first-order valence-corrected chi connectivity index (χ1v) is 6.53. The molecule has 1 saturated heterocycles. The summed E-state index contributed by atoms with van der Waals surface area (Å²) in [5, 5.41) is 7.27. The van der Waals surface area contributed by atoms with Crippen molar-refractivity contribution < 1.29 is 9.32 Å². The third-order valence-electron chi connectivity index (χ3n) is 2.63. The second-order valence-electron chi connectivity index (χ2n) is 5.56. The topological polar surface area (TPSA) is 61.6 Å². The molecule has 1 N–H and O–H groups in total. The number of carbonyl (C=O) groups is 1. The van der Waals surface area contributed by atoms with Crippen LogP contribution in [0.2, 0.25) is 0 Å². The lowest BCUT2D eigenvalue weighted by molar-refractivity contribution is 0.215. The minimum Gasteiger partial charge on any atom is -0.360 e. The second kappa shape index (κ2) is 4.80. The normalized spacial score (nSPS) is 16.1. The number of hydrogen-bond acceptors (Lipinski definition) is 4. The standard InChI is InChI=1S/C12H18N4O2S/c1-8-7-9(14-18-8)15-5-6-16(11(15)19)10(17)13-12(2,3)4/h7H,5-6H2,1-4H3,(H,13,17). The number of rotatable bonds is 1. The van der Waals surface area contributed by atoms with Crippen LogP contribution in [0.25, 0.3) is 0 Å². The third-order valence-corrected chi connectivity index (χ3v) is 3.07. The number of nitrogens with zero attached hydrogens (tertiary/aromatic N) is 3. The lowest BCUT2D eigenvalue weighted by atomic mass is 10.1. The smallest absolute Gasteiger partial charge is 0.324 e. The molecular weight excluding hydrogens is 264 g/mol. The van der Waals surface area contributed by atoms with Crippen LogP contribution in [0, 0.1) is 6.92 Å². The van der Waals surface area contributed by atoms with Gasteiger partial charge in [0.1, 0.15) is 5.76 Å². The zero-order valence-electron chi connectivity index (χ0n) is 11.6. The molecule has 1 aromatic rings. The van der Waals surface area contributed by atoms with E-state index in [9.17, 15) is 4.79 Å². The molecule has 2 heterocycles. The van der Waals surface area contributed by atoms with Gasteiger partial charge in [0.15, 0.2) is 10.9 Å². The molecule has 0 saturated carbocycles. The first-order valence-electron chi connectivity index (χ1n) is 6.12. The Bertz CT molecular complexity index is 506. The minimum absolute atomic E-state index is 0.180. The van der Waals surface area contributed by atoms with Crippen molar-refractivity contribution in [3.05, 3.63) is 11.8 Å². The molecule has 1 aliphatic rings. The van der Waals surface area contributed by atoms with Crippen LogP contribution in [0.5, 0.6) is 0 Å². The van der Waals surface area contributed by atoms with E-state index in [1.165, 1.54) is 0 Å². The zero-order chi connectivity index (χ0) is 14.2. The Morgan fingerprint density at radius 2 is 2.16 bits per heavy atom. The monoisotopic (exact) mass is 282 g/mol. The molecule has 7 heteroatoms. The van der Waals surface area contributed by atoms with Gasteiger partial charge in [-0.2, -0.15) is 0 Å². The van der Waals surface area contributed by atoms with Gasteiger partial charge in [0, 0.05) is 24.7 Å². The van der Waals surface area contributed by atoms with Crippen LogP contribution in [0.1, 0.15) is 26.5 Å². The van der Waals surface area contributed by atoms with Gasteiger partial charge in [-0.05, 0) is 39.9 Å². The number of aryl methyl sites for hydroxylation is 1. The predicted octanol–water partition coefficient (Wildman–Crippen LogP) is 1.90. The first-order chi connectivity index (χ1) is 8.78. The minimum atomic E-state index is -0.287. The molecule has 1 aliphatic heterocycles. The molecule has 19 heavy (non-hydrogen) atoms. The Balaban J connectivity index is 2.08. The van der Waals surface area contributed by atoms with E-state index in [1.54, 1.807) is 15.9 Å². The molecule has 0 spiro atoms. The van der Waals surface area contributed by atoms with E-state index in [4.69, 9.17) is 16.7 Å². The van der Waals surface area contributed by atoms with E-state index in [-0.39, 0.29) is 11.6 Å². The molecular formula is C12H18N4O2S. The third kappa shape index (κ3) is 3.04. The molecule has 0 radical (unpaired) electrons. The number of thiocarbonyl (C=S) groups is 1. The Morgan fingerprint density at radius 3 is 2.68 bits per heavy atom. The van der Waals surface area contributed by atoms with Crippen molar-refractivity contribution in [2.24, 2.45) is 0 Å². The summed E-state index contributed by atoms with van der Waals surface area (Å²) in [6.45, 7) is 8.79. The first kappa shape index (κ1) is 13.8. The number of nitrogens with one attached hydrogen (secondary N) is 1. The lowest BCUT2D eigenvalue weighted by Gasteiger charge is -2.25. The molecule has 2 amide bonds. The molecule has 0 aliphatic carbocycles. The molecule has 0 aromatic carbocycles. The maximum Gasteiger partial charge on any atom is 0.324 e. The van der Waals surface area contributed by atoms with Gasteiger partial charge in [0.05, 0.1) is 0 Å². The lowest BCUT2D eigenvalue weighted by Crippen LogP contribution is -2.49. The van der Waals surface area contributed by atoms with Crippen molar-refractivity contribution in [1.29, 1.82) is 0 Å². The summed E-state index contributed by atoms with van der Waals surface area (Å²) in [5.74, 6) is 1.36. The van der Waals surface area contributed by atoms with Crippen molar-refractivity contribution >= 4 is 29.2 Å². The molecule has 1 fully saturated rings. The Morgan fingerprint density at radius 1 is 1.47 bits per heavy atom. The van der Waals surface area contributed by atoms with Crippen LogP contribution in [-0.2, 0) is 0 Å². The summed E-state index contributed by atoms with van der Waals surface area (Å²) >= 11 is 5.33. The fourth-order valence-electron chi connectivity index (χ4n) is 1.81. The van der Waals surface area contributed by atoms with Crippen molar-refractivity contribution in [2.75, 3.05) is 18.0 Å². The number of anilines is 1. The van der Waals surface area contributed by atoms with Crippen LogP contribution in [0.15, 0.2) is 10.6 Å². The number of amides is 2. The SMILES string of the molecule is Cc1cc(N2CCN(C(=O)NC(C)(C)C)C2=S)no1. The van der Waals surface area contributed by atoms with Crippen molar-refractivity contribution in [2.45, 2.75) is 33.2 Å². The van der Waals surface area contributed by atoms with Gasteiger partial charge in [-0.15, -0.1) is 0 Å². The summed E-state index contributed by atoms with van der Waals surface area (Å²) in [6, 6.07) is 1.62. The van der Waals surface area contributed by atoms with Crippen LogP contribution >= 0.6 is 12.2 Å². The second-order valence-corrected chi connectivity index (χ2v) is 5.93. The van der Waals surface area contributed by atoms with E-state index in [2.05, 4.69) is 10.5 Å².